The summed E-state index contributed by atoms with van der Waals surface area (Å²) in [6.07, 6.45) is 1.84. The quantitative estimate of drug-likeness (QED) is 0.330. The van der Waals surface area contributed by atoms with E-state index in [9.17, 15) is 4.79 Å². The van der Waals surface area contributed by atoms with Gasteiger partial charge in [-0.05, 0) is 61.0 Å². The van der Waals surface area contributed by atoms with Crippen molar-refractivity contribution in [2.24, 2.45) is 0 Å². The Bertz CT molecular complexity index is 1470. The van der Waals surface area contributed by atoms with Gasteiger partial charge in [0.2, 0.25) is 0 Å². The van der Waals surface area contributed by atoms with E-state index in [0.717, 1.165) is 22.6 Å². The summed E-state index contributed by atoms with van der Waals surface area (Å²) in [4.78, 5) is 12.8. The third-order valence-corrected chi connectivity index (χ3v) is 5.51. The Hall–Kier alpha value is -3.90. The van der Waals surface area contributed by atoms with E-state index in [4.69, 9.17) is 20.8 Å². The van der Waals surface area contributed by atoms with Crippen LogP contribution in [0.4, 0.5) is 0 Å². The molecule has 0 unspecified atom stereocenters. The molecule has 2 aromatic heterocycles. The van der Waals surface area contributed by atoms with Crippen molar-refractivity contribution >= 4 is 22.6 Å². The molecule has 6 nitrogen and oxygen atoms in total. The minimum absolute atomic E-state index is 0.103. The van der Waals surface area contributed by atoms with Crippen LogP contribution < -0.4 is 10.2 Å². The predicted molar refractivity (Wildman–Crippen MR) is 128 cm³/mol. The Morgan fingerprint density at radius 1 is 1.00 bits per heavy atom. The van der Waals surface area contributed by atoms with Crippen LogP contribution in [0.5, 0.6) is 5.75 Å². The van der Waals surface area contributed by atoms with Crippen LogP contribution in [0.25, 0.3) is 22.3 Å². The summed E-state index contributed by atoms with van der Waals surface area (Å²) < 4.78 is 13.4. The first kappa shape index (κ1) is 21.0. The van der Waals surface area contributed by atoms with Crippen LogP contribution in [0.2, 0.25) is 5.02 Å². The van der Waals surface area contributed by atoms with Gasteiger partial charge in [-0.2, -0.15) is 0 Å². The molecule has 164 valence electrons. The maximum absolute atomic E-state index is 12.8. The molecular formula is C26H20ClN3O3. The molecule has 0 fully saturated rings. The van der Waals surface area contributed by atoms with E-state index in [1.165, 1.54) is 11.6 Å². The Morgan fingerprint density at radius 3 is 2.58 bits per heavy atom. The molecule has 0 spiro atoms. The third-order valence-electron chi connectivity index (χ3n) is 5.26. The lowest BCUT2D eigenvalue weighted by Crippen LogP contribution is -2.04. The number of fused-ring (bicyclic) bond motifs is 1. The molecule has 0 aliphatic heterocycles. The van der Waals surface area contributed by atoms with E-state index in [-0.39, 0.29) is 5.43 Å². The highest BCUT2D eigenvalue weighted by Gasteiger charge is 2.09. The molecule has 3 aromatic carbocycles. The van der Waals surface area contributed by atoms with Crippen LogP contribution in [0.3, 0.4) is 0 Å². The zero-order chi connectivity index (χ0) is 22.8. The highest BCUT2D eigenvalue weighted by atomic mass is 35.5. The second-order valence-corrected chi connectivity index (χ2v) is 8.26. The second kappa shape index (κ2) is 8.92. The van der Waals surface area contributed by atoms with Gasteiger partial charge in [-0.25, -0.2) is 4.68 Å². The third kappa shape index (κ3) is 4.81. The number of benzene rings is 3. The number of halogens is 1. The molecule has 0 saturated heterocycles. The van der Waals surface area contributed by atoms with Gasteiger partial charge in [-0.15, -0.1) is 5.10 Å². The fourth-order valence-electron chi connectivity index (χ4n) is 3.52. The average Bonchev–Trinajstić information content (AvgIpc) is 3.27. The Morgan fingerprint density at radius 2 is 1.79 bits per heavy atom. The van der Waals surface area contributed by atoms with Gasteiger partial charge in [0.05, 0.1) is 18.1 Å². The average molecular weight is 458 g/mol. The van der Waals surface area contributed by atoms with Gasteiger partial charge in [0.15, 0.2) is 5.43 Å². The molecule has 2 heterocycles. The maximum Gasteiger partial charge on any atom is 0.193 e. The van der Waals surface area contributed by atoms with Crippen LogP contribution in [-0.2, 0) is 13.2 Å². The van der Waals surface area contributed by atoms with Crippen molar-refractivity contribution in [2.75, 3.05) is 0 Å². The molecular weight excluding hydrogens is 438 g/mol. The highest BCUT2D eigenvalue weighted by Crippen LogP contribution is 2.24. The molecule has 0 amide bonds. The Kier molecular flexibility index (Phi) is 5.67. The normalized spacial score (nSPS) is 11.1. The molecule has 5 aromatic rings. The molecule has 0 aliphatic carbocycles. The molecule has 0 saturated carbocycles. The van der Waals surface area contributed by atoms with Crippen LogP contribution >= 0.6 is 11.6 Å². The summed E-state index contributed by atoms with van der Waals surface area (Å²) in [5.41, 5.74) is 4.05. The summed E-state index contributed by atoms with van der Waals surface area (Å²) >= 11 is 5.95. The van der Waals surface area contributed by atoms with E-state index < -0.39 is 0 Å². The SMILES string of the molecule is Cc1ccc(OCc2cn(Cc3ccc4oc(-c5ccc(Cl)cc5)cc(=O)c4c3)nn2)cc1. The first-order valence-corrected chi connectivity index (χ1v) is 10.8. The molecule has 0 atom stereocenters. The number of ether oxygens (including phenoxy) is 1. The monoisotopic (exact) mass is 457 g/mol. The minimum atomic E-state index is -0.103. The summed E-state index contributed by atoms with van der Waals surface area (Å²) in [5, 5.41) is 9.50. The number of aromatic nitrogens is 3. The molecule has 7 heteroatoms. The van der Waals surface area contributed by atoms with Gasteiger partial charge < -0.3 is 9.15 Å². The summed E-state index contributed by atoms with van der Waals surface area (Å²) in [5.74, 6) is 1.29. The lowest BCUT2D eigenvalue weighted by atomic mass is 10.1. The first-order chi connectivity index (χ1) is 16.0. The lowest BCUT2D eigenvalue weighted by molar-refractivity contribution is 0.301. The Balaban J connectivity index is 1.32. The van der Waals surface area contributed by atoms with Crippen molar-refractivity contribution in [1.82, 2.24) is 15.0 Å². The molecule has 0 aliphatic rings. The smallest absolute Gasteiger partial charge is 0.193 e. The van der Waals surface area contributed by atoms with Crippen molar-refractivity contribution in [3.63, 3.8) is 0 Å². The van der Waals surface area contributed by atoms with E-state index in [0.29, 0.717) is 34.9 Å². The van der Waals surface area contributed by atoms with Gasteiger partial charge in [0, 0.05) is 16.7 Å². The lowest BCUT2D eigenvalue weighted by Gasteiger charge is -2.06. The van der Waals surface area contributed by atoms with E-state index in [2.05, 4.69) is 10.3 Å². The standard InChI is InChI=1S/C26H20ClN3O3/c1-17-2-9-22(10-3-17)32-16-21-15-30(29-28-21)14-18-4-11-25-23(12-18)24(31)13-26(33-25)19-5-7-20(27)8-6-19/h2-13,15H,14,16H2,1H3. The molecule has 0 radical (unpaired) electrons. The second-order valence-electron chi connectivity index (χ2n) is 7.82. The van der Waals surface area contributed by atoms with Gasteiger partial charge in [0.1, 0.15) is 29.4 Å². The minimum Gasteiger partial charge on any atom is -0.487 e. The Labute approximate surface area is 195 Å². The fraction of sp³-hybridized carbons (Fsp3) is 0.115. The van der Waals surface area contributed by atoms with E-state index >= 15 is 0 Å². The molecule has 0 N–H and O–H groups in total. The fourth-order valence-corrected chi connectivity index (χ4v) is 3.64. The van der Waals surface area contributed by atoms with Crippen LogP contribution in [0, 0.1) is 6.92 Å². The van der Waals surface area contributed by atoms with Crippen molar-refractivity contribution in [1.29, 1.82) is 0 Å². The van der Waals surface area contributed by atoms with Gasteiger partial charge in [-0.1, -0.05) is 40.6 Å². The highest BCUT2D eigenvalue weighted by molar-refractivity contribution is 6.30. The topological polar surface area (TPSA) is 70.2 Å². The summed E-state index contributed by atoms with van der Waals surface area (Å²) in [6, 6.07) is 22.1. The molecule has 33 heavy (non-hydrogen) atoms. The van der Waals surface area contributed by atoms with Crippen molar-refractivity contribution in [2.45, 2.75) is 20.1 Å². The number of rotatable bonds is 6. The zero-order valence-electron chi connectivity index (χ0n) is 17.9. The van der Waals surface area contributed by atoms with Gasteiger partial charge in [0.25, 0.3) is 0 Å². The van der Waals surface area contributed by atoms with Crippen LogP contribution in [0.1, 0.15) is 16.8 Å². The number of hydrogen-bond acceptors (Lipinski definition) is 5. The summed E-state index contributed by atoms with van der Waals surface area (Å²) in [6.45, 7) is 2.84. The zero-order valence-corrected chi connectivity index (χ0v) is 18.6. The van der Waals surface area contributed by atoms with Gasteiger partial charge in [-0.3, -0.25) is 4.79 Å². The summed E-state index contributed by atoms with van der Waals surface area (Å²) in [7, 11) is 0. The largest absolute Gasteiger partial charge is 0.487 e. The van der Waals surface area contributed by atoms with Crippen molar-refractivity contribution in [3.8, 4) is 17.1 Å². The number of nitrogens with zero attached hydrogens (tertiary/aromatic N) is 3. The number of aryl methyl sites for hydroxylation is 1. The number of hydrogen-bond donors (Lipinski definition) is 0. The van der Waals surface area contributed by atoms with Crippen molar-refractivity contribution < 1.29 is 9.15 Å². The van der Waals surface area contributed by atoms with E-state index in [1.807, 2.05) is 67.7 Å². The van der Waals surface area contributed by atoms with Crippen LogP contribution in [0.15, 0.2) is 88.2 Å². The maximum atomic E-state index is 12.8. The van der Waals surface area contributed by atoms with Crippen LogP contribution in [-0.4, -0.2) is 15.0 Å². The van der Waals surface area contributed by atoms with Gasteiger partial charge >= 0.3 is 0 Å². The van der Waals surface area contributed by atoms with E-state index in [1.54, 1.807) is 16.8 Å². The van der Waals surface area contributed by atoms with Crippen molar-refractivity contribution in [3.05, 3.63) is 111 Å². The molecule has 5 rings (SSSR count). The molecule has 0 bridgehead atoms. The first-order valence-electron chi connectivity index (χ1n) is 10.4. The predicted octanol–water partition coefficient (Wildman–Crippen LogP) is 5.64.